The van der Waals surface area contributed by atoms with Gasteiger partial charge in [0.05, 0.1) is 43.0 Å². The maximum atomic E-state index is 14.3. The van der Waals surface area contributed by atoms with E-state index in [0.717, 1.165) is 30.6 Å². The Labute approximate surface area is 293 Å². The number of amides is 1. The van der Waals surface area contributed by atoms with Crippen molar-refractivity contribution in [1.82, 2.24) is 14.5 Å². The van der Waals surface area contributed by atoms with Crippen LogP contribution in [0.3, 0.4) is 0 Å². The van der Waals surface area contributed by atoms with Gasteiger partial charge in [0.25, 0.3) is 26.0 Å². The Bertz CT molecular complexity index is 2330. The van der Waals surface area contributed by atoms with E-state index in [4.69, 9.17) is 28.5 Å². The zero-order valence-electron chi connectivity index (χ0n) is 23.3. The van der Waals surface area contributed by atoms with Crippen molar-refractivity contribution in [3.63, 3.8) is 0 Å². The number of carbonyl (C=O) groups is 2. The van der Waals surface area contributed by atoms with Crippen molar-refractivity contribution >= 4 is 109 Å². The Balaban J connectivity index is 1.73. The molecule has 47 heavy (non-hydrogen) atoms. The molecule has 0 bridgehead atoms. The fraction of sp³-hybridized carbons (Fsp3) is 0.0357. The number of para-hydroxylation sites is 1. The summed E-state index contributed by atoms with van der Waals surface area (Å²) in [4.78, 5) is 31.9. The van der Waals surface area contributed by atoms with Gasteiger partial charge < -0.3 is 15.0 Å². The SMILES string of the molecule is Cn1c(C(=O)Nc2ccc(C#N)cc2C(=O)O)cc2cccc(N(S(=O)(=O)c3cnc(Cl)c(Br)c3)S(=O)(=O)c3cnc(Cl)c(Br)c3)c21. The highest BCUT2D eigenvalue weighted by Crippen LogP contribution is 2.38. The van der Waals surface area contributed by atoms with Crippen LogP contribution in [0.15, 0.2) is 85.7 Å². The third-order valence-electron chi connectivity index (χ3n) is 6.67. The van der Waals surface area contributed by atoms with Crippen molar-refractivity contribution in [1.29, 1.82) is 5.26 Å². The van der Waals surface area contributed by atoms with Crippen molar-refractivity contribution in [2.75, 3.05) is 9.03 Å². The molecule has 0 fully saturated rings. The molecule has 0 aliphatic heterocycles. The smallest absolute Gasteiger partial charge is 0.337 e. The number of nitrogens with zero attached hydrogens (tertiary/aromatic N) is 5. The summed E-state index contributed by atoms with van der Waals surface area (Å²) in [6, 6.07) is 13.2. The normalized spacial score (nSPS) is 11.7. The Morgan fingerprint density at radius 1 is 0.936 bits per heavy atom. The number of aromatic nitrogens is 3. The van der Waals surface area contributed by atoms with Gasteiger partial charge in [0.15, 0.2) is 0 Å². The lowest BCUT2D eigenvalue weighted by atomic mass is 10.1. The molecule has 240 valence electrons. The summed E-state index contributed by atoms with van der Waals surface area (Å²) >= 11 is 18.2. The Morgan fingerprint density at radius 2 is 1.51 bits per heavy atom. The second-order valence-corrected chi connectivity index (χ2v) is 15.8. The van der Waals surface area contributed by atoms with E-state index in [9.17, 15) is 31.5 Å². The number of fused-ring (bicyclic) bond motifs is 1. The number of hydrogen-bond donors (Lipinski definition) is 2. The van der Waals surface area contributed by atoms with Crippen LogP contribution in [-0.4, -0.2) is 48.4 Å². The minimum Gasteiger partial charge on any atom is -0.478 e. The molecule has 13 nitrogen and oxygen atoms in total. The van der Waals surface area contributed by atoms with E-state index in [-0.39, 0.29) is 62.1 Å². The monoisotopic (exact) mass is 840 g/mol. The number of carboxylic acids is 1. The predicted molar refractivity (Wildman–Crippen MR) is 180 cm³/mol. The summed E-state index contributed by atoms with van der Waals surface area (Å²) in [6.45, 7) is 0. The number of carboxylic acid groups (broad SMARTS) is 1. The molecule has 3 aromatic heterocycles. The molecule has 0 saturated carbocycles. The number of pyridine rings is 2. The number of hydrogen-bond acceptors (Lipinski definition) is 9. The summed E-state index contributed by atoms with van der Waals surface area (Å²) in [7, 11) is -8.60. The lowest BCUT2D eigenvalue weighted by Gasteiger charge is -2.25. The zero-order chi connectivity index (χ0) is 34.4. The quantitative estimate of drug-likeness (QED) is 0.170. The van der Waals surface area contributed by atoms with Gasteiger partial charge in [-0.15, -0.1) is 0 Å². The number of aromatic carboxylic acids is 1. The van der Waals surface area contributed by atoms with E-state index in [2.05, 4.69) is 47.1 Å². The van der Waals surface area contributed by atoms with Crippen molar-refractivity contribution in [2.24, 2.45) is 7.05 Å². The maximum Gasteiger partial charge on any atom is 0.337 e. The van der Waals surface area contributed by atoms with Gasteiger partial charge in [0.1, 0.15) is 25.8 Å². The average molecular weight is 843 g/mol. The highest BCUT2D eigenvalue weighted by atomic mass is 79.9. The topological polar surface area (TPSA) is 192 Å². The lowest BCUT2D eigenvalue weighted by molar-refractivity contribution is 0.0698. The molecule has 0 saturated heterocycles. The zero-order valence-corrected chi connectivity index (χ0v) is 29.6. The standard InChI is InChI=1S/C28H16Br2Cl2N6O7S2/c1-37-23(27(39)36-21-6-5-14(11-33)7-18(21)28(40)41)8-15-3-2-4-22(24(15)37)38(46(42,43)16-9-19(29)25(31)34-12-16)47(44,45)17-10-20(30)26(32)35-13-17/h2-10,12-13H,1H3,(H,36,39)(H,40,41). The molecule has 0 aliphatic carbocycles. The molecule has 1 amide bonds. The van der Waals surface area contributed by atoms with E-state index in [0.29, 0.717) is 0 Å². The molecule has 5 rings (SSSR count). The van der Waals surface area contributed by atoms with Crippen LogP contribution < -0.4 is 9.03 Å². The Kier molecular flexibility index (Phi) is 9.38. The summed E-state index contributed by atoms with van der Waals surface area (Å²) in [5.74, 6) is -2.20. The van der Waals surface area contributed by atoms with Gasteiger partial charge in [-0.3, -0.25) is 4.79 Å². The van der Waals surface area contributed by atoms with Crippen molar-refractivity contribution in [2.45, 2.75) is 9.79 Å². The van der Waals surface area contributed by atoms with Gasteiger partial charge in [-0.25, -0.2) is 14.8 Å². The summed E-state index contributed by atoms with van der Waals surface area (Å²) in [6.07, 6.45) is 1.78. The van der Waals surface area contributed by atoms with Crippen molar-refractivity contribution < 1.29 is 31.5 Å². The largest absolute Gasteiger partial charge is 0.478 e. The van der Waals surface area contributed by atoms with Gasteiger partial charge in [-0.1, -0.05) is 35.3 Å². The molecule has 5 aromatic rings. The molecule has 2 aromatic carbocycles. The van der Waals surface area contributed by atoms with Crippen molar-refractivity contribution in [3.05, 3.63) is 103 Å². The maximum absolute atomic E-state index is 14.3. The number of nitrogens with one attached hydrogen (secondary N) is 1. The van der Waals surface area contributed by atoms with Crippen LogP contribution in [0.2, 0.25) is 10.3 Å². The number of benzene rings is 2. The van der Waals surface area contributed by atoms with Crippen LogP contribution in [0.5, 0.6) is 0 Å². The van der Waals surface area contributed by atoms with E-state index < -0.39 is 41.7 Å². The lowest BCUT2D eigenvalue weighted by Crippen LogP contribution is -2.37. The minimum absolute atomic E-state index is 0.00469. The predicted octanol–water partition coefficient (Wildman–Crippen LogP) is 6.21. The van der Waals surface area contributed by atoms with Crippen LogP contribution in [0.4, 0.5) is 11.4 Å². The highest BCUT2D eigenvalue weighted by molar-refractivity contribution is 9.10. The number of rotatable bonds is 8. The molecular formula is C28H16Br2Cl2N6O7S2. The summed E-state index contributed by atoms with van der Waals surface area (Å²) in [5, 5.41) is 21.4. The van der Waals surface area contributed by atoms with Gasteiger partial charge >= 0.3 is 5.97 Å². The average Bonchev–Trinajstić information content (AvgIpc) is 3.36. The van der Waals surface area contributed by atoms with E-state index in [1.165, 1.54) is 48.0 Å². The second kappa shape index (κ2) is 12.9. The molecule has 0 radical (unpaired) electrons. The first-order valence-corrected chi connectivity index (χ1v) is 17.9. The number of aryl methyl sites for hydroxylation is 1. The number of carbonyl (C=O) groups excluding carboxylic acids is 1. The fourth-order valence-electron chi connectivity index (χ4n) is 4.52. The van der Waals surface area contributed by atoms with E-state index in [1.807, 2.05) is 6.07 Å². The molecule has 0 unspecified atom stereocenters. The first kappa shape index (κ1) is 34.3. The second-order valence-electron chi connectivity index (χ2n) is 9.53. The molecule has 0 atom stereocenters. The molecule has 3 heterocycles. The highest BCUT2D eigenvalue weighted by Gasteiger charge is 2.40. The first-order chi connectivity index (χ1) is 22.1. The third-order valence-corrected chi connectivity index (χ3v) is 13.0. The third kappa shape index (κ3) is 6.32. The van der Waals surface area contributed by atoms with Gasteiger partial charge in [-0.2, -0.15) is 25.8 Å². The Hall–Kier alpha value is -4.05. The van der Waals surface area contributed by atoms with Gasteiger partial charge in [-0.05, 0) is 74.3 Å². The molecule has 19 heteroatoms. The number of nitriles is 1. The van der Waals surface area contributed by atoms with Crippen LogP contribution in [-0.2, 0) is 27.1 Å². The Morgan fingerprint density at radius 3 is 2.02 bits per heavy atom. The minimum atomic E-state index is -5.00. The van der Waals surface area contributed by atoms with Crippen molar-refractivity contribution in [3.8, 4) is 6.07 Å². The fourth-order valence-corrected chi connectivity index (χ4v) is 9.37. The van der Waals surface area contributed by atoms with Crippen LogP contribution in [0.1, 0.15) is 26.4 Å². The van der Waals surface area contributed by atoms with E-state index in [1.54, 1.807) is 0 Å². The molecule has 2 N–H and O–H groups in total. The number of sulfonamides is 2. The van der Waals surface area contributed by atoms with Gasteiger partial charge in [0.2, 0.25) is 0 Å². The van der Waals surface area contributed by atoms with E-state index >= 15 is 0 Å². The van der Waals surface area contributed by atoms with Crippen LogP contribution in [0, 0.1) is 11.3 Å². The first-order valence-electron chi connectivity index (χ1n) is 12.7. The molecular weight excluding hydrogens is 827 g/mol. The summed E-state index contributed by atoms with van der Waals surface area (Å²) in [5.41, 5.74) is -0.848. The number of anilines is 2. The molecule has 0 spiro atoms. The van der Waals surface area contributed by atoms with Gasteiger partial charge in [0, 0.05) is 24.8 Å². The summed E-state index contributed by atoms with van der Waals surface area (Å²) < 4.78 is 58.7. The molecule has 0 aliphatic rings. The number of halogens is 4. The van der Waals surface area contributed by atoms with Crippen LogP contribution >= 0.6 is 55.1 Å². The van der Waals surface area contributed by atoms with Crippen LogP contribution in [0.25, 0.3) is 10.9 Å².